The van der Waals surface area contributed by atoms with E-state index in [4.69, 9.17) is 4.42 Å². The molecule has 3 aromatic rings. The third-order valence-corrected chi connectivity index (χ3v) is 3.69. The van der Waals surface area contributed by atoms with Crippen LogP contribution in [0.1, 0.15) is 31.7 Å². The van der Waals surface area contributed by atoms with E-state index in [0.717, 1.165) is 19.3 Å². The number of para-hydroxylation sites is 1. The largest absolute Gasteiger partial charge is 0.450 e. The minimum atomic E-state index is -0.453. The molecule has 3 heteroatoms. The number of aryl methyl sites for hydroxylation is 1. The van der Waals surface area contributed by atoms with E-state index in [9.17, 15) is 8.78 Å². The maximum absolute atomic E-state index is 14.5. The summed E-state index contributed by atoms with van der Waals surface area (Å²) in [6, 6.07) is 8.29. The Hall–Kier alpha value is -1.90. The van der Waals surface area contributed by atoms with E-state index < -0.39 is 5.82 Å². The molecule has 0 aliphatic rings. The third kappa shape index (κ3) is 2.07. The van der Waals surface area contributed by atoms with E-state index in [1.807, 2.05) is 6.07 Å². The number of rotatable bonds is 4. The van der Waals surface area contributed by atoms with Crippen molar-refractivity contribution in [3.63, 3.8) is 0 Å². The van der Waals surface area contributed by atoms with Crippen molar-refractivity contribution in [2.24, 2.45) is 0 Å². The van der Waals surface area contributed by atoms with Gasteiger partial charge in [-0.05, 0) is 30.5 Å². The molecular weight excluding hydrogens is 258 g/mol. The fourth-order valence-electron chi connectivity index (χ4n) is 2.59. The summed E-state index contributed by atoms with van der Waals surface area (Å²) in [7, 11) is 0. The number of fused-ring (bicyclic) bond motifs is 3. The number of halogens is 2. The smallest absolute Gasteiger partial charge is 0.171 e. The Morgan fingerprint density at radius 1 is 0.950 bits per heavy atom. The second-order valence-electron chi connectivity index (χ2n) is 5.09. The van der Waals surface area contributed by atoms with E-state index in [0.29, 0.717) is 22.8 Å². The maximum Gasteiger partial charge on any atom is 0.171 e. The Morgan fingerprint density at radius 3 is 2.55 bits per heavy atom. The normalized spacial score (nSPS) is 11.6. The average molecular weight is 274 g/mol. The number of hydrogen-bond acceptors (Lipinski definition) is 1. The zero-order valence-electron chi connectivity index (χ0n) is 11.4. The summed E-state index contributed by atoms with van der Waals surface area (Å²) < 4.78 is 33.6. The second-order valence-corrected chi connectivity index (χ2v) is 5.09. The van der Waals surface area contributed by atoms with Gasteiger partial charge in [0.2, 0.25) is 0 Å². The summed E-state index contributed by atoms with van der Waals surface area (Å²) in [5, 5.41) is 1.26. The van der Waals surface area contributed by atoms with Crippen LogP contribution < -0.4 is 0 Å². The Kier molecular flexibility index (Phi) is 3.43. The fraction of sp³-hybridized carbons (Fsp3) is 0.294. The van der Waals surface area contributed by atoms with E-state index >= 15 is 0 Å². The van der Waals surface area contributed by atoms with Gasteiger partial charge in [-0.2, -0.15) is 0 Å². The lowest BCUT2D eigenvalue weighted by Crippen LogP contribution is -1.91. The Labute approximate surface area is 116 Å². The molecule has 0 fully saturated rings. The minimum absolute atomic E-state index is 0.132. The zero-order valence-corrected chi connectivity index (χ0v) is 11.4. The summed E-state index contributed by atoms with van der Waals surface area (Å²) in [5.74, 6) is -0.806. The average Bonchev–Trinajstić information content (AvgIpc) is 2.83. The highest BCUT2D eigenvalue weighted by molar-refractivity contribution is 6.05. The van der Waals surface area contributed by atoms with Crippen LogP contribution in [0.3, 0.4) is 0 Å². The minimum Gasteiger partial charge on any atom is -0.450 e. The van der Waals surface area contributed by atoms with Crippen LogP contribution in [0.2, 0.25) is 0 Å². The standard InChI is InChI=1S/C17H16F2O/c1-2-3-4-6-11-9-10-13-12-7-5-8-14(18)16(12)20-17(13)15(11)19/h5,7-10H,2-4,6H2,1H3. The van der Waals surface area contributed by atoms with Crippen LogP contribution in [0.15, 0.2) is 34.7 Å². The molecule has 104 valence electrons. The molecule has 0 bridgehead atoms. The first-order valence-electron chi connectivity index (χ1n) is 7.00. The molecule has 3 rings (SSSR count). The second kappa shape index (κ2) is 5.23. The molecule has 1 heterocycles. The van der Waals surface area contributed by atoms with Gasteiger partial charge in [0.15, 0.2) is 22.8 Å². The van der Waals surface area contributed by atoms with Crippen molar-refractivity contribution in [1.82, 2.24) is 0 Å². The van der Waals surface area contributed by atoms with Crippen LogP contribution in [0.5, 0.6) is 0 Å². The molecule has 20 heavy (non-hydrogen) atoms. The molecule has 0 atom stereocenters. The van der Waals surface area contributed by atoms with E-state index in [-0.39, 0.29) is 17.0 Å². The van der Waals surface area contributed by atoms with Crippen molar-refractivity contribution >= 4 is 21.9 Å². The van der Waals surface area contributed by atoms with Crippen LogP contribution in [0.4, 0.5) is 8.78 Å². The molecule has 0 unspecified atom stereocenters. The summed E-state index contributed by atoms with van der Waals surface area (Å²) >= 11 is 0. The van der Waals surface area contributed by atoms with Gasteiger partial charge in [0.25, 0.3) is 0 Å². The third-order valence-electron chi connectivity index (χ3n) is 3.69. The molecule has 0 saturated heterocycles. The highest BCUT2D eigenvalue weighted by Gasteiger charge is 2.16. The van der Waals surface area contributed by atoms with Crippen LogP contribution >= 0.6 is 0 Å². The molecule has 0 aliphatic carbocycles. The van der Waals surface area contributed by atoms with Gasteiger partial charge in [0.05, 0.1) is 0 Å². The summed E-state index contributed by atoms with van der Waals surface area (Å²) in [5.41, 5.74) is 0.941. The van der Waals surface area contributed by atoms with Gasteiger partial charge in [0.1, 0.15) is 0 Å². The monoisotopic (exact) mass is 274 g/mol. The molecule has 0 saturated carbocycles. The van der Waals surface area contributed by atoms with Crippen LogP contribution in [-0.2, 0) is 6.42 Å². The van der Waals surface area contributed by atoms with E-state index in [1.54, 1.807) is 18.2 Å². The van der Waals surface area contributed by atoms with Gasteiger partial charge < -0.3 is 4.42 Å². The van der Waals surface area contributed by atoms with Gasteiger partial charge in [-0.1, -0.05) is 38.0 Å². The van der Waals surface area contributed by atoms with Crippen molar-refractivity contribution < 1.29 is 13.2 Å². The van der Waals surface area contributed by atoms with Gasteiger partial charge in [-0.15, -0.1) is 0 Å². The summed E-state index contributed by atoms with van der Waals surface area (Å²) in [4.78, 5) is 0. The first kappa shape index (κ1) is 13.1. The number of hydrogen-bond donors (Lipinski definition) is 0. The first-order valence-corrected chi connectivity index (χ1v) is 7.00. The summed E-state index contributed by atoms with van der Waals surface area (Å²) in [6.45, 7) is 2.11. The molecule has 0 radical (unpaired) electrons. The van der Waals surface area contributed by atoms with Gasteiger partial charge >= 0.3 is 0 Å². The number of furan rings is 1. The topological polar surface area (TPSA) is 13.1 Å². The van der Waals surface area contributed by atoms with Crippen LogP contribution in [-0.4, -0.2) is 0 Å². The highest BCUT2D eigenvalue weighted by atomic mass is 19.1. The molecular formula is C17H16F2O. The molecule has 0 N–H and O–H groups in total. The van der Waals surface area contributed by atoms with Gasteiger partial charge in [0, 0.05) is 10.8 Å². The lowest BCUT2D eigenvalue weighted by atomic mass is 10.0. The fourth-order valence-corrected chi connectivity index (χ4v) is 2.59. The van der Waals surface area contributed by atoms with Crippen LogP contribution in [0, 0.1) is 11.6 Å². The molecule has 1 nitrogen and oxygen atoms in total. The lowest BCUT2D eigenvalue weighted by molar-refractivity contribution is 0.549. The molecule has 1 aromatic heterocycles. The van der Waals surface area contributed by atoms with E-state index in [2.05, 4.69) is 6.92 Å². The molecule has 0 spiro atoms. The molecule has 0 aliphatic heterocycles. The predicted octanol–water partition coefficient (Wildman–Crippen LogP) is 5.60. The SMILES string of the molecule is CCCCCc1ccc2c(oc3c(F)cccc32)c1F. The number of benzene rings is 2. The predicted molar refractivity (Wildman–Crippen MR) is 76.9 cm³/mol. The molecule has 0 amide bonds. The number of unbranched alkanes of at least 4 members (excludes halogenated alkanes) is 2. The maximum atomic E-state index is 14.5. The highest BCUT2D eigenvalue weighted by Crippen LogP contribution is 2.33. The van der Waals surface area contributed by atoms with Crippen molar-refractivity contribution in [1.29, 1.82) is 0 Å². The van der Waals surface area contributed by atoms with Crippen molar-refractivity contribution in [2.75, 3.05) is 0 Å². The van der Waals surface area contributed by atoms with Crippen molar-refractivity contribution in [3.05, 3.63) is 47.5 Å². The Balaban J connectivity index is 2.13. The van der Waals surface area contributed by atoms with Crippen molar-refractivity contribution in [2.45, 2.75) is 32.6 Å². The lowest BCUT2D eigenvalue weighted by Gasteiger charge is -2.02. The van der Waals surface area contributed by atoms with Gasteiger partial charge in [-0.3, -0.25) is 0 Å². The summed E-state index contributed by atoms with van der Waals surface area (Å²) in [6.07, 6.45) is 3.81. The van der Waals surface area contributed by atoms with E-state index in [1.165, 1.54) is 6.07 Å². The van der Waals surface area contributed by atoms with Crippen LogP contribution in [0.25, 0.3) is 21.9 Å². The quantitative estimate of drug-likeness (QED) is 0.565. The molecule has 2 aromatic carbocycles. The zero-order chi connectivity index (χ0) is 14.1. The Morgan fingerprint density at radius 2 is 1.75 bits per heavy atom. The first-order chi connectivity index (χ1) is 9.72. The van der Waals surface area contributed by atoms with Crippen molar-refractivity contribution in [3.8, 4) is 0 Å². The Bertz CT molecular complexity index is 758. The van der Waals surface area contributed by atoms with Gasteiger partial charge in [-0.25, -0.2) is 8.78 Å².